The van der Waals surface area contributed by atoms with Crippen LogP contribution in [0.1, 0.15) is 34.0 Å². The van der Waals surface area contributed by atoms with Gasteiger partial charge in [-0.05, 0) is 35.7 Å². The molecule has 2 heterocycles. The van der Waals surface area contributed by atoms with Gasteiger partial charge in [0, 0.05) is 39.3 Å². The quantitative estimate of drug-likeness (QED) is 0.763. The SMILES string of the molecule is CCc1ccccc1C1=NN(C)C(C2=C(N)N(C)CC(c3ccc(C(=O)N(C)C)cc3)=N2)O1. The average Bonchev–Trinajstić information content (AvgIpc) is 3.21. The number of carbonyl (C=O) groups is 1. The maximum absolute atomic E-state index is 12.2. The van der Waals surface area contributed by atoms with Crippen LogP contribution < -0.4 is 5.73 Å². The number of hydrogen-bond acceptors (Lipinski definition) is 7. The van der Waals surface area contributed by atoms with Gasteiger partial charge in [-0.2, -0.15) is 0 Å². The smallest absolute Gasteiger partial charge is 0.253 e. The summed E-state index contributed by atoms with van der Waals surface area (Å²) in [4.78, 5) is 20.6. The Morgan fingerprint density at radius 1 is 1.15 bits per heavy atom. The number of nitrogens with zero attached hydrogens (tertiary/aromatic N) is 5. The normalized spacial score (nSPS) is 18.2. The number of benzene rings is 2. The van der Waals surface area contributed by atoms with E-state index >= 15 is 0 Å². The summed E-state index contributed by atoms with van der Waals surface area (Å²) in [6, 6.07) is 15.6. The van der Waals surface area contributed by atoms with Gasteiger partial charge in [0.1, 0.15) is 11.5 Å². The number of hydrazone groups is 1. The molecular formula is C25H30N6O2. The van der Waals surface area contributed by atoms with Crippen LogP contribution in [0, 0.1) is 0 Å². The number of aryl methyl sites for hydroxylation is 1. The zero-order chi connectivity index (χ0) is 23.7. The fourth-order valence-electron chi connectivity index (χ4n) is 3.93. The molecule has 2 aromatic rings. The third-order valence-electron chi connectivity index (χ3n) is 5.86. The van der Waals surface area contributed by atoms with Crippen LogP contribution in [-0.2, 0) is 11.2 Å². The van der Waals surface area contributed by atoms with Crippen LogP contribution in [0.5, 0.6) is 0 Å². The number of nitrogens with two attached hydrogens (primary N) is 1. The van der Waals surface area contributed by atoms with E-state index in [9.17, 15) is 4.79 Å². The minimum Gasteiger partial charge on any atom is -0.444 e. The number of hydrogen-bond donors (Lipinski definition) is 1. The van der Waals surface area contributed by atoms with E-state index in [2.05, 4.69) is 18.1 Å². The van der Waals surface area contributed by atoms with E-state index < -0.39 is 6.23 Å². The van der Waals surface area contributed by atoms with E-state index in [1.165, 1.54) is 5.56 Å². The summed E-state index contributed by atoms with van der Waals surface area (Å²) in [5, 5.41) is 6.39. The van der Waals surface area contributed by atoms with E-state index in [1.54, 1.807) is 24.0 Å². The summed E-state index contributed by atoms with van der Waals surface area (Å²) in [5.41, 5.74) is 11.6. The summed E-state index contributed by atoms with van der Waals surface area (Å²) in [5.74, 6) is 1.08. The summed E-state index contributed by atoms with van der Waals surface area (Å²) in [7, 11) is 7.27. The lowest BCUT2D eigenvalue weighted by atomic mass is 10.0. The van der Waals surface area contributed by atoms with Gasteiger partial charge < -0.3 is 20.3 Å². The Morgan fingerprint density at radius 3 is 2.52 bits per heavy atom. The zero-order valence-electron chi connectivity index (χ0n) is 19.7. The second-order valence-electron chi connectivity index (χ2n) is 8.42. The van der Waals surface area contributed by atoms with Crippen molar-refractivity contribution in [3.8, 4) is 0 Å². The highest BCUT2D eigenvalue weighted by Crippen LogP contribution is 2.28. The van der Waals surface area contributed by atoms with Crippen LogP contribution in [0.15, 0.2) is 70.1 Å². The summed E-state index contributed by atoms with van der Waals surface area (Å²) < 4.78 is 6.28. The van der Waals surface area contributed by atoms with Crippen molar-refractivity contribution >= 4 is 17.5 Å². The van der Waals surface area contributed by atoms with Gasteiger partial charge in [0.15, 0.2) is 0 Å². The topological polar surface area (TPSA) is 86.8 Å². The molecular weight excluding hydrogens is 416 g/mol. The number of ether oxygens (including phenoxy) is 1. The van der Waals surface area contributed by atoms with Gasteiger partial charge in [-0.25, -0.2) is 4.99 Å². The molecule has 2 aliphatic heterocycles. The molecule has 4 rings (SSSR count). The fraction of sp³-hybridized carbons (Fsp3) is 0.320. The summed E-state index contributed by atoms with van der Waals surface area (Å²) in [6.07, 6.45) is 0.354. The molecule has 0 spiro atoms. The van der Waals surface area contributed by atoms with Crippen LogP contribution >= 0.6 is 0 Å². The molecule has 1 unspecified atom stereocenters. The maximum Gasteiger partial charge on any atom is 0.253 e. The van der Waals surface area contributed by atoms with Crippen molar-refractivity contribution < 1.29 is 9.53 Å². The molecule has 0 radical (unpaired) electrons. The first-order valence-corrected chi connectivity index (χ1v) is 11.0. The molecule has 0 fully saturated rings. The lowest BCUT2D eigenvalue weighted by Gasteiger charge is -2.30. The monoisotopic (exact) mass is 446 g/mol. The maximum atomic E-state index is 12.2. The number of aliphatic imine (C=N–C) groups is 1. The number of carbonyl (C=O) groups excluding carboxylic acids is 1. The molecule has 1 atom stereocenters. The fourth-order valence-corrected chi connectivity index (χ4v) is 3.93. The van der Waals surface area contributed by atoms with Crippen molar-refractivity contribution in [2.75, 3.05) is 34.7 Å². The number of amides is 1. The zero-order valence-corrected chi connectivity index (χ0v) is 19.7. The molecule has 2 aliphatic rings. The second kappa shape index (κ2) is 8.97. The lowest BCUT2D eigenvalue weighted by molar-refractivity contribution is 0.0827. The van der Waals surface area contributed by atoms with Crippen LogP contribution in [-0.4, -0.2) is 73.3 Å². The minimum atomic E-state index is -0.530. The van der Waals surface area contributed by atoms with Crippen molar-refractivity contribution in [3.05, 3.63) is 82.3 Å². The van der Waals surface area contributed by atoms with Gasteiger partial charge in [-0.3, -0.25) is 9.80 Å². The second-order valence-corrected chi connectivity index (χ2v) is 8.42. The van der Waals surface area contributed by atoms with Crippen molar-refractivity contribution in [1.82, 2.24) is 14.8 Å². The number of rotatable bonds is 5. The van der Waals surface area contributed by atoms with Gasteiger partial charge in [-0.1, -0.05) is 37.3 Å². The lowest BCUT2D eigenvalue weighted by Crippen LogP contribution is -2.39. The highest BCUT2D eigenvalue weighted by Gasteiger charge is 2.34. The molecule has 0 saturated carbocycles. The Kier molecular flexibility index (Phi) is 6.09. The van der Waals surface area contributed by atoms with Gasteiger partial charge in [-0.15, -0.1) is 5.10 Å². The third-order valence-corrected chi connectivity index (χ3v) is 5.86. The van der Waals surface area contributed by atoms with Gasteiger partial charge in [0.25, 0.3) is 5.91 Å². The Balaban J connectivity index is 1.62. The molecule has 172 valence electrons. The largest absolute Gasteiger partial charge is 0.444 e. The van der Waals surface area contributed by atoms with Gasteiger partial charge in [0.2, 0.25) is 12.1 Å². The standard InChI is InChI=1S/C25H30N6O2/c1-6-16-9-7-8-10-19(16)23-28-31(5)25(33-23)21-22(26)30(4)15-20(27-21)17-11-13-18(14-12-17)24(32)29(2)3/h7-14,25H,6,15,26H2,1-5H3. The highest BCUT2D eigenvalue weighted by molar-refractivity contribution is 6.04. The Bertz CT molecular complexity index is 1150. The van der Waals surface area contributed by atoms with E-state index in [4.69, 9.17) is 15.5 Å². The predicted octanol–water partition coefficient (Wildman–Crippen LogP) is 2.46. The molecule has 0 bridgehead atoms. The Hall–Kier alpha value is -3.81. The van der Waals surface area contributed by atoms with E-state index in [0.717, 1.165) is 23.3 Å². The van der Waals surface area contributed by atoms with Crippen LogP contribution in [0.25, 0.3) is 0 Å². The van der Waals surface area contributed by atoms with Crippen LogP contribution in [0.3, 0.4) is 0 Å². The molecule has 8 heteroatoms. The first kappa shape index (κ1) is 22.4. The van der Waals surface area contributed by atoms with Crippen molar-refractivity contribution in [2.24, 2.45) is 15.8 Å². The Morgan fingerprint density at radius 2 is 1.85 bits per heavy atom. The minimum absolute atomic E-state index is 0.0351. The average molecular weight is 447 g/mol. The van der Waals surface area contributed by atoms with Gasteiger partial charge >= 0.3 is 0 Å². The third kappa shape index (κ3) is 4.28. The van der Waals surface area contributed by atoms with Gasteiger partial charge in [0.05, 0.1) is 12.3 Å². The molecule has 0 aliphatic carbocycles. The van der Waals surface area contributed by atoms with Crippen LogP contribution in [0.2, 0.25) is 0 Å². The molecule has 8 nitrogen and oxygen atoms in total. The Labute approximate surface area is 194 Å². The summed E-state index contributed by atoms with van der Waals surface area (Å²) in [6.45, 7) is 2.67. The van der Waals surface area contributed by atoms with Crippen molar-refractivity contribution in [2.45, 2.75) is 19.6 Å². The molecule has 1 amide bonds. The molecule has 33 heavy (non-hydrogen) atoms. The van der Waals surface area contributed by atoms with Crippen molar-refractivity contribution in [1.29, 1.82) is 0 Å². The molecule has 0 saturated heterocycles. The van der Waals surface area contributed by atoms with Crippen molar-refractivity contribution in [3.63, 3.8) is 0 Å². The molecule has 2 N–H and O–H groups in total. The highest BCUT2D eigenvalue weighted by atomic mass is 16.5. The predicted molar refractivity (Wildman–Crippen MR) is 130 cm³/mol. The molecule has 2 aromatic carbocycles. The van der Waals surface area contributed by atoms with E-state index in [-0.39, 0.29) is 5.91 Å². The number of likely N-dealkylation sites (N-methyl/N-ethyl adjacent to an activating group) is 2. The van der Waals surface area contributed by atoms with E-state index in [0.29, 0.717) is 29.5 Å². The van der Waals surface area contributed by atoms with E-state index in [1.807, 2.05) is 61.5 Å². The first-order chi connectivity index (χ1) is 15.8. The first-order valence-electron chi connectivity index (χ1n) is 11.0. The molecule has 0 aromatic heterocycles. The summed E-state index contributed by atoms with van der Waals surface area (Å²) >= 11 is 0. The van der Waals surface area contributed by atoms with Crippen LogP contribution in [0.4, 0.5) is 0 Å².